The number of carbonyl (C=O) groups excluding carboxylic acids is 2. The fraction of sp³-hybridized carbons (Fsp3) is 0.211. The Hall–Kier alpha value is -3.38. The summed E-state index contributed by atoms with van der Waals surface area (Å²) in [7, 11) is 1.50. The first-order chi connectivity index (χ1) is 13.3. The second-order valence-corrected chi connectivity index (χ2v) is 6.02. The van der Waals surface area contributed by atoms with E-state index in [4.69, 9.17) is 5.26 Å². The molecule has 0 heterocycles. The summed E-state index contributed by atoms with van der Waals surface area (Å²) in [6.45, 7) is -0.402. The van der Waals surface area contributed by atoms with Gasteiger partial charge in [0.2, 0.25) is 11.8 Å². The Morgan fingerprint density at radius 2 is 1.57 bits per heavy atom. The summed E-state index contributed by atoms with van der Waals surface area (Å²) >= 11 is 0. The zero-order valence-electron chi connectivity index (χ0n) is 14.9. The number of rotatable bonds is 7. The van der Waals surface area contributed by atoms with E-state index in [2.05, 4.69) is 10.6 Å². The van der Waals surface area contributed by atoms with Crippen molar-refractivity contribution >= 4 is 23.2 Å². The van der Waals surface area contributed by atoms with Gasteiger partial charge in [-0.2, -0.15) is 5.26 Å². The highest BCUT2D eigenvalue weighted by molar-refractivity contribution is 5.94. The van der Waals surface area contributed by atoms with Crippen LogP contribution in [0, 0.1) is 28.8 Å². The fourth-order valence-electron chi connectivity index (χ4n) is 2.36. The standard InChI is InChI=1S/C19H17F3N4O2/c1-26(10-16(27)24-13-4-2-12(3-5-13)8-9-23)11-17(28)25-15-7-6-14(20)18(21)19(15)22/h2-7H,8,10-11H2,1H3,(H,24,27)(H,25,28). The van der Waals surface area contributed by atoms with Gasteiger partial charge >= 0.3 is 0 Å². The van der Waals surface area contributed by atoms with Gasteiger partial charge in [-0.15, -0.1) is 0 Å². The van der Waals surface area contributed by atoms with E-state index < -0.39 is 29.0 Å². The molecule has 0 aromatic heterocycles. The van der Waals surface area contributed by atoms with E-state index in [1.54, 1.807) is 24.3 Å². The van der Waals surface area contributed by atoms with Gasteiger partial charge in [0.15, 0.2) is 17.5 Å². The third-order valence-corrected chi connectivity index (χ3v) is 3.66. The van der Waals surface area contributed by atoms with Crippen molar-refractivity contribution < 1.29 is 22.8 Å². The number of nitrogens with zero attached hydrogens (tertiary/aromatic N) is 2. The normalized spacial score (nSPS) is 10.4. The largest absolute Gasteiger partial charge is 0.325 e. The number of likely N-dealkylation sites (N-methyl/N-ethyl adjacent to an activating group) is 1. The molecule has 0 aliphatic carbocycles. The quantitative estimate of drug-likeness (QED) is 0.712. The van der Waals surface area contributed by atoms with Crippen LogP contribution in [0.25, 0.3) is 0 Å². The molecular formula is C19H17F3N4O2. The van der Waals surface area contributed by atoms with Crippen LogP contribution in [0.15, 0.2) is 36.4 Å². The molecule has 28 heavy (non-hydrogen) atoms. The van der Waals surface area contributed by atoms with Gasteiger partial charge < -0.3 is 10.6 Å². The van der Waals surface area contributed by atoms with E-state index in [0.29, 0.717) is 11.8 Å². The monoisotopic (exact) mass is 390 g/mol. The molecule has 0 atom stereocenters. The first-order valence-corrected chi connectivity index (χ1v) is 8.17. The summed E-state index contributed by atoms with van der Waals surface area (Å²) in [4.78, 5) is 25.3. The maximum atomic E-state index is 13.6. The molecule has 0 aliphatic heterocycles. The molecular weight excluding hydrogens is 373 g/mol. The van der Waals surface area contributed by atoms with E-state index in [9.17, 15) is 22.8 Å². The molecule has 6 nitrogen and oxygen atoms in total. The Morgan fingerprint density at radius 1 is 0.964 bits per heavy atom. The van der Waals surface area contributed by atoms with Crippen LogP contribution in [0.1, 0.15) is 5.56 Å². The number of hydrogen-bond acceptors (Lipinski definition) is 4. The topological polar surface area (TPSA) is 85.2 Å². The number of nitriles is 1. The van der Waals surface area contributed by atoms with Gasteiger partial charge in [0.1, 0.15) is 0 Å². The van der Waals surface area contributed by atoms with Crippen LogP contribution in [0.5, 0.6) is 0 Å². The third-order valence-electron chi connectivity index (χ3n) is 3.66. The van der Waals surface area contributed by atoms with Crippen molar-refractivity contribution in [1.29, 1.82) is 5.26 Å². The van der Waals surface area contributed by atoms with Crippen LogP contribution in [-0.4, -0.2) is 36.9 Å². The molecule has 9 heteroatoms. The predicted molar refractivity (Wildman–Crippen MR) is 96.8 cm³/mol. The molecule has 0 fully saturated rings. The number of amides is 2. The highest BCUT2D eigenvalue weighted by Gasteiger charge is 2.16. The van der Waals surface area contributed by atoms with E-state index >= 15 is 0 Å². The summed E-state index contributed by atoms with van der Waals surface area (Å²) in [5.41, 5.74) is 0.867. The zero-order valence-corrected chi connectivity index (χ0v) is 14.9. The summed E-state index contributed by atoms with van der Waals surface area (Å²) in [5.74, 6) is -5.60. The van der Waals surface area contributed by atoms with Crippen LogP contribution < -0.4 is 10.6 Å². The number of benzene rings is 2. The number of hydrogen-bond donors (Lipinski definition) is 2. The number of halogens is 3. The lowest BCUT2D eigenvalue weighted by Crippen LogP contribution is -2.36. The van der Waals surface area contributed by atoms with Crippen LogP contribution >= 0.6 is 0 Å². The first kappa shape index (κ1) is 20.9. The summed E-state index contributed by atoms with van der Waals surface area (Å²) in [6, 6.07) is 10.4. The molecule has 0 aliphatic rings. The third kappa shape index (κ3) is 5.82. The lowest BCUT2D eigenvalue weighted by atomic mass is 10.1. The van der Waals surface area contributed by atoms with Gasteiger partial charge in [0.25, 0.3) is 0 Å². The molecule has 0 saturated heterocycles. The number of nitrogens with one attached hydrogen (secondary N) is 2. The fourth-order valence-corrected chi connectivity index (χ4v) is 2.36. The summed E-state index contributed by atoms with van der Waals surface area (Å²) < 4.78 is 39.6. The first-order valence-electron chi connectivity index (χ1n) is 8.17. The Morgan fingerprint density at radius 3 is 2.18 bits per heavy atom. The summed E-state index contributed by atoms with van der Waals surface area (Å²) in [6.07, 6.45) is 0.268. The van der Waals surface area contributed by atoms with Crippen LogP contribution in [0.2, 0.25) is 0 Å². The molecule has 2 amide bonds. The van der Waals surface area contributed by atoms with Gasteiger partial charge in [0.05, 0.1) is 31.3 Å². The van der Waals surface area contributed by atoms with Gasteiger partial charge in [-0.3, -0.25) is 14.5 Å². The SMILES string of the molecule is CN(CC(=O)Nc1ccc(CC#N)cc1)CC(=O)Nc1ccc(F)c(F)c1F. The van der Waals surface area contributed by atoms with E-state index in [1.807, 2.05) is 6.07 Å². The molecule has 2 aromatic carbocycles. The van der Waals surface area contributed by atoms with Crippen molar-refractivity contribution in [2.45, 2.75) is 6.42 Å². The molecule has 146 valence electrons. The van der Waals surface area contributed by atoms with Crippen molar-refractivity contribution in [2.75, 3.05) is 30.8 Å². The van der Waals surface area contributed by atoms with Crippen LogP contribution in [0.4, 0.5) is 24.5 Å². The highest BCUT2D eigenvalue weighted by Crippen LogP contribution is 2.19. The minimum absolute atomic E-state index is 0.131. The number of anilines is 2. The molecule has 2 N–H and O–H groups in total. The number of carbonyl (C=O) groups is 2. The Bertz CT molecular complexity index is 911. The maximum Gasteiger partial charge on any atom is 0.238 e. The lowest BCUT2D eigenvalue weighted by molar-refractivity contribution is -0.119. The molecule has 0 unspecified atom stereocenters. The smallest absolute Gasteiger partial charge is 0.238 e. The van der Waals surface area contributed by atoms with Gasteiger partial charge in [-0.1, -0.05) is 12.1 Å². The zero-order chi connectivity index (χ0) is 20.7. The maximum absolute atomic E-state index is 13.6. The van der Waals surface area contributed by atoms with Gasteiger partial charge in [-0.05, 0) is 36.9 Å². The molecule has 0 spiro atoms. The van der Waals surface area contributed by atoms with Crippen molar-refractivity contribution in [2.24, 2.45) is 0 Å². The van der Waals surface area contributed by atoms with Gasteiger partial charge in [0, 0.05) is 5.69 Å². The Labute approximate surface area is 159 Å². The van der Waals surface area contributed by atoms with E-state index in [0.717, 1.165) is 11.6 Å². The average Bonchev–Trinajstić information content (AvgIpc) is 2.64. The van der Waals surface area contributed by atoms with E-state index in [1.165, 1.54) is 11.9 Å². The molecule has 0 saturated carbocycles. The molecule has 2 rings (SSSR count). The van der Waals surface area contributed by atoms with Crippen molar-refractivity contribution in [3.63, 3.8) is 0 Å². The van der Waals surface area contributed by atoms with Gasteiger partial charge in [-0.25, -0.2) is 13.2 Å². The summed E-state index contributed by atoms with van der Waals surface area (Å²) in [5, 5.41) is 13.4. The second kappa shape index (κ2) is 9.53. The minimum atomic E-state index is -1.67. The van der Waals surface area contributed by atoms with Crippen LogP contribution in [0.3, 0.4) is 0 Å². The Kier molecular flexibility index (Phi) is 7.12. The highest BCUT2D eigenvalue weighted by atomic mass is 19.2. The second-order valence-electron chi connectivity index (χ2n) is 6.02. The lowest BCUT2D eigenvalue weighted by Gasteiger charge is -2.16. The molecule has 2 aromatic rings. The van der Waals surface area contributed by atoms with Crippen molar-refractivity contribution in [1.82, 2.24) is 4.90 Å². The average molecular weight is 390 g/mol. The molecule has 0 bridgehead atoms. The van der Waals surface area contributed by atoms with Crippen LogP contribution in [-0.2, 0) is 16.0 Å². The minimum Gasteiger partial charge on any atom is -0.325 e. The molecule has 0 radical (unpaired) electrons. The van der Waals surface area contributed by atoms with Crippen molar-refractivity contribution in [3.8, 4) is 6.07 Å². The van der Waals surface area contributed by atoms with E-state index in [-0.39, 0.29) is 25.4 Å². The van der Waals surface area contributed by atoms with Crippen molar-refractivity contribution in [3.05, 3.63) is 59.4 Å². The Balaban J connectivity index is 1.84. The predicted octanol–water partition coefficient (Wildman–Crippen LogP) is 2.68.